The Kier molecular flexibility index (Phi) is 5.57. The van der Waals surface area contributed by atoms with Crippen molar-refractivity contribution in [3.63, 3.8) is 0 Å². The summed E-state index contributed by atoms with van der Waals surface area (Å²) in [6, 6.07) is 8.35. The van der Waals surface area contributed by atoms with Crippen molar-refractivity contribution < 1.29 is 19.5 Å². The minimum absolute atomic E-state index is 0.210. The lowest BCUT2D eigenvalue weighted by Crippen LogP contribution is -2.37. The van der Waals surface area contributed by atoms with Gasteiger partial charge in [0.2, 0.25) is 12.2 Å². The molecule has 1 aromatic rings. The van der Waals surface area contributed by atoms with E-state index in [2.05, 4.69) is 5.32 Å². The van der Waals surface area contributed by atoms with Crippen LogP contribution in [-0.2, 0) is 20.8 Å². The van der Waals surface area contributed by atoms with Crippen molar-refractivity contribution in [3.05, 3.63) is 35.9 Å². The van der Waals surface area contributed by atoms with Gasteiger partial charge < -0.3 is 10.4 Å². The van der Waals surface area contributed by atoms with Crippen molar-refractivity contribution in [2.24, 2.45) is 0 Å². The lowest BCUT2D eigenvalue weighted by Gasteiger charge is -2.09. The minimum Gasteiger partial charge on any atom is -0.481 e. The summed E-state index contributed by atoms with van der Waals surface area (Å²) in [5.41, 5.74) is 1.01. The van der Waals surface area contributed by atoms with Crippen LogP contribution < -0.4 is 5.32 Å². The van der Waals surface area contributed by atoms with Crippen LogP contribution in [0.2, 0.25) is 0 Å². The summed E-state index contributed by atoms with van der Waals surface area (Å²) >= 11 is 0. The number of rotatable bonds is 7. The van der Waals surface area contributed by atoms with Crippen molar-refractivity contribution in [1.82, 2.24) is 5.32 Å². The second-order valence-electron chi connectivity index (χ2n) is 3.82. The summed E-state index contributed by atoms with van der Waals surface area (Å²) in [4.78, 5) is 32.3. The maximum Gasteiger partial charge on any atom is 0.305 e. The van der Waals surface area contributed by atoms with Gasteiger partial charge in [0.25, 0.3) is 0 Å². The fraction of sp³-hybridized carbons (Fsp3) is 0.308. The highest BCUT2D eigenvalue weighted by Crippen LogP contribution is 2.02. The average Bonchev–Trinajstić information content (AvgIpc) is 2.36. The maximum absolute atomic E-state index is 11.5. The summed E-state index contributed by atoms with van der Waals surface area (Å²) < 4.78 is 0. The average molecular weight is 248 g/mol. The summed E-state index contributed by atoms with van der Waals surface area (Å²) in [5, 5.41) is 10.8. The summed E-state index contributed by atoms with van der Waals surface area (Å²) in [6.07, 6.45) is 1.81. The molecule has 95 valence electrons. The van der Waals surface area contributed by atoms with Gasteiger partial charge in [-0.3, -0.25) is 14.4 Å². The molecule has 0 fully saturated rings. The number of benzene rings is 1. The van der Waals surface area contributed by atoms with Crippen molar-refractivity contribution in [3.8, 4) is 0 Å². The van der Waals surface area contributed by atoms with Crippen LogP contribution in [0.15, 0.2) is 30.3 Å². The molecule has 18 heavy (non-hydrogen) atoms. The van der Waals surface area contributed by atoms with Gasteiger partial charge in [0, 0.05) is 6.42 Å². The standard InChI is InChI=1S/C13H14NO4/c15-9-11(8-13(17)18)14-12(16)7-6-10-4-2-1-3-5-10/h1-5,11H,6-8H2,(H,14,16)(H,17,18)/t11-/m0/s1. The van der Waals surface area contributed by atoms with Crippen molar-refractivity contribution >= 4 is 18.2 Å². The first kappa shape index (κ1) is 13.9. The highest BCUT2D eigenvalue weighted by molar-refractivity contribution is 5.82. The lowest BCUT2D eigenvalue weighted by molar-refractivity contribution is -0.137. The molecule has 0 saturated carbocycles. The molecule has 5 nitrogen and oxygen atoms in total. The molecule has 1 radical (unpaired) electrons. The van der Waals surface area contributed by atoms with E-state index < -0.39 is 18.4 Å². The Morgan fingerprint density at radius 1 is 1.28 bits per heavy atom. The largest absolute Gasteiger partial charge is 0.481 e. The lowest BCUT2D eigenvalue weighted by atomic mass is 10.1. The van der Waals surface area contributed by atoms with Gasteiger partial charge in [-0.2, -0.15) is 0 Å². The molecule has 5 heteroatoms. The van der Waals surface area contributed by atoms with Crippen molar-refractivity contribution in [2.45, 2.75) is 25.3 Å². The molecule has 0 unspecified atom stereocenters. The number of carboxylic acid groups (broad SMARTS) is 1. The molecule has 0 aliphatic heterocycles. The first-order valence-electron chi connectivity index (χ1n) is 5.54. The number of carbonyl (C=O) groups excluding carboxylic acids is 2. The topological polar surface area (TPSA) is 83.5 Å². The van der Waals surface area contributed by atoms with Crippen LogP contribution in [0.1, 0.15) is 18.4 Å². The second kappa shape index (κ2) is 7.21. The van der Waals surface area contributed by atoms with Gasteiger partial charge in [-0.15, -0.1) is 0 Å². The second-order valence-corrected chi connectivity index (χ2v) is 3.82. The minimum atomic E-state index is -1.15. The van der Waals surface area contributed by atoms with Crippen molar-refractivity contribution in [1.29, 1.82) is 0 Å². The van der Waals surface area contributed by atoms with Gasteiger partial charge >= 0.3 is 5.97 Å². The quantitative estimate of drug-likeness (QED) is 0.743. The number of aliphatic carboxylic acids is 1. The van der Waals surface area contributed by atoms with Crippen LogP contribution in [0.5, 0.6) is 0 Å². The normalized spacial score (nSPS) is 11.6. The van der Waals surface area contributed by atoms with E-state index in [-0.39, 0.29) is 12.3 Å². The van der Waals surface area contributed by atoms with E-state index in [1.165, 1.54) is 6.29 Å². The zero-order valence-corrected chi connectivity index (χ0v) is 9.76. The van der Waals surface area contributed by atoms with E-state index in [9.17, 15) is 14.4 Å². The van der Waals surface area contributed by atoms with E-state index in [4.69, 9.17) is 5.11 Å². The molecule has 0 aliphatic rings. The number of hydrogen-bond donors (Lipinski definition) is 2. The maximum atomic E-state index is 11.5. The first-order chi connectivity index (χ1) is 8.61. The Labute approximate surface area is 105 Å². The molecule has 1 rings (SSSR count). The molecular formula is C13H14NO4. The van der Waals surface area contributed by atoms with Crippen LogP contribution in [-0.4, -0.2) is 29.3 Å². The fourth-order valence-corrected chi connectivity index (χ4v) is 1.47. The number of carboxylic acids is 1. The Morgan fingerprint density at radius 3 is 2.50 bits per heavy atom. The molecule has 0 saturated heterocycles. The predicted molar refractivity (Wildman–Crippen MR) is 64.6 cm³/mol. The third kappa shape index (κ3) is 5.25. The van der Waals surface area contributed by atoms with Gasteiger partial charge in [-0.25, -0.2) is 0 Å². The van der Waals surface area contributed by atoms with Crippen LogP contribution in [0.25, 0.3) is 0 Å². The Bertz CT molecular complexity index is 416. The molecule has 0 bridgehead atoms. The Morgan fingerprint density at radius 2 is 1.94 bits per heavy atom. The van der Waals surface area contributed by atoms with E-state index in [1.807, 2.05) is 30.3 Å². The highest BCUT2D eigenvalue weighted by Gasteiger charge is 2.15. The first-order valence-corrected chi connectivity index (χ1v) is 5.54. The molecule has 0 aliphatic carbocycles. The van der Waals surface area contributed by atoms with Crippen LogP contribution in [0.3, 0.4) is 0 Å². The Hall–Kier alpha value is -2.17. The van der Waals surface area contributed by atoms with Gasteiger partial charge in [0.1, 0.15) is 6.04 Å². The van der Waals surface area contributed by atoms with Crippen LogP contribution >= 0.6 is 0 Å². The monoisotopic (exact) mass is 248 g/mol. The molecule has 1 aromatic carbocycles. The van der Waals surface area contributed by atoms with Crippen molar-refractivity contribution in [2.75, 3.05) is 0 Å². The van der Waals surface area contributed by atoms with Gasteiger partial charge in [0.05, 0.1) is 6.42 Å². The Balaban J connectivity index is 2.37. The van der Waals surface area contributed by atoms with Gasteiger partial charge in [-0.05, 0) is 12.0 Å². The van der Waals surface area contributed by atoms with E-state index in [0.717, 1.165) is 5.56 Å². The molecule has 1 atom stereocenters. The van der Waals surface area contributed by atoms with Crippen LogP contribution in [0, 0.1) is 0 Å². The fourth-order valence-electron chi connectivity index (χ4n) is 1.47. The third-order valence-electron chi connectivity index (χ3n) is 2.34. The molecule has 1 amide bonds. The summed E-state index contributed by atoms with van der Waals surface area (Å²) in [5.74, 6) is -1.50. The summed E-state index contributed by atoms with van der Waals surface area (Å²) in [7, 11) is 0. The molecule has 0 heterocycles. The van der Waals surface area contributed by atoms with Gasteiger partial charge in [0.15, 0.2) is 0 Å². The smallest absolute Gasteiger partial charge is 0.305 e. The molecule has 0 spiro atoms. The SMILES string of the molecule is O=[C][C@H](CC(=O)O)NC(=O)CCc1ccccc1. The number of nitrogens with one attached hydrogen (secondary N) is 1. The molecule has 0 aromatic heterocycles. The van der Waals surface area contributed by atoms with E-state index in [0.29, 0.717) is 6.42 Å². The molecule has 2 N–H and O–H groups in total. The van der Waals surface area contributed by atoms with E-state index in [1.54, 1.807) is 0 Å². The zero-order valence-electron chi connectivity index (χ0n) is 9.76. The zero-order chi connectivity index (χ0) is 13.4. The molecular weight excluding hydrogens is 234 g/mol. The third-order valence-corrected chi connectivity index (χ3v) is 2.34. The number of aryl methyl sites for hydroxylation is 1. The number of carbonyl (C=O) groups is 2. The predicted octanol–water partition coefficient (Wildman–Crippen LogP) is 0.688. The summed E-state index contributed by atoms with van der Waals surface area (Å²) in [6.45, 7) is 0. The highest BCUT2D eigenvalue weighted by atomic mass is 16.4. The van der Waals surface area contributed by atoms with E-state index >= 15 is 0 Å². The van der Waals surface area contributed by atoms with Gasteiger partial charge in [-0.1, -0.05) is 30.3 Å². The van der Waals surface area contributed by atoms with Crippen LogP contribution in [0.4, 0.5) is 0 Å². The number of amides is 1. The number of hydrogen-bond acceptors (Lipinski definition) is 3.